The summed E-state index contributed by atoms with van der Waals surface area (Å²) in [5, 5.41) is 0. The van der Waals surface area contributed by atoms with Crippen molar-refractivity contribution in [3.05, 3.63) is 59.7 Å². The number of unbranched alkanes of at least 4 members (excludes halogenated alkanes) is 37. The van der Waals surface area contributed by atoms with Crippen molar-refractivity contribution in [2.24, 2.45) is 9.98 Å². The number of aliphatic imine (C=N–C) groups is 2. The van der Waals surface area contributed by atoms with Gasteiger partial charge >= 0.3 is 0 Å². The molecule has 0 heterocycles. The van der Waals surface area contributed by atoms with Crippen molar-refractivity contribution in [3.63, 3.8) is 0 Å². The summed E-state index contributed by atoms with van der Waals surface area (Å²) in [4.78, 5) is 11.0. The molecule has 0 amide bonds. The van der Waals surface area contributed by atoms with E-state index in [4.69, 9.17) is 9.98 Å². The second-order valence-electron chi connectivity index (χ2n) is 21.3. The Kier molecular flexibility index (Phi) is 50.1. The fourth-order valence-electron chi connectivity index (χ4n) is 9.74. The summed E-state index contributed by atoms with van der Waals surface area (Å²) in [6.45, 7) is 9.14. The van der Waals surface area contributed by atoms with Crippen LogP contribution in [0.5, 0.6) is 0 Å². The summed E-state index contributed by atoms with van der Waals surface area (Å²) in [5.41, 5.74) is 6.46. The molecular weight excluding hydrogens is 927 g/mol. The van der Waals surface area contributed by atoms with Gasteiger partial charge in [-0.1, -0.05) is 288 Å². The van der Waals surface area contributed by atoms with Gasteiger partial charge in [0.2, 0.25) is 0 Å². The van der Waals surface area contributed by atoms with Gasteiger partial charge in [-0.25, -0.2) is 4.99 Å². The Labute approximate surface area is 464 Å². The van der Waals surface area contributed by atoms with Gasteiger partial charge in [0.15, 0.2) is 0 Å². The minimum Gasteiger partial charge on any atom is -0.250 e. The first kappa shape index (κ1) is 68.0. The smallest absolute Gasteiger partial charge is 0.135 e. The number of benzene rings is 2. The van der Waals surface area contributed by atoms with E-state index in [0.717, 1.165) is 87.0 Å². The van der Waals surface area contributed by atoms with Crippen molar-refractivity contribution in [2.75, 3.05) is 0 Å². The summed E-state index contributed by atoms with van der Waals surface area (Å²) in [6, 6.07) is 17.4. The van der Waals surface area contributed by atoms with Crippen molar-refractivity contribution < 1.29 is 16.5 Å². The molecule has 2 aromatic rings. The molecule has 2 aromatic carbocycles. The predicted octanol–water partition coefficient (Wildman–Crippen LogP) is 22.9. The molecular formula is C70H112N2Ni. The monoisotopic (exact) mass is 1040 g/mol. The van der Waals surface area contributed by atoms with E-state index in [2.05, 4.69) is 112 Å². The molecule has 0 saturated carbocycles. The van der Waals surface area contributed by atoms with Crippen molar-refractivity contribution in [3.8, 4) is 35.5 Å². The van der Waals surface area contributed by atoms with E-state index in [1.807, 2.05) is 0 Å². The quantitative estimate of drug-likeness (QED) is 0.0273. The molecule has 0 N–H and O–H groups in total. The third-order valence-corrected chi connectivity index (χ3v) is 14.5. The Morgan fingerprint density at radius 3 is 1.00 bits per heavy atom. The first-order valence-electron chi connectivity index (χ1n) is 31.5. The summed E-state index contributed by atoms with van der Waals surface area (Å²) >= 11 is 0. The molecule has 73 heavy (non-hydrogen) atoms. The van der Waals surface area contributed by atoms with Crippen LogP contribution in [0, 0.1) is 35.5 Å². The van der Waals surface area contributed by atoms with Crippen LogP contribution in [0.3, 0.4) is 0 Å². The minimum absolute atomic E-state index is 0. The van der Waals surface area contributed by atoms with Gasteiger partial charge in [0.05, 0.1) is 17.1 Å². The van der Waals surface area contributed by atoms with E-state index in [0.29, 0.717) is 0 Å². The molecule has 0 aliphatic carbocycles. The molecule has 3 heteroatoms. The van der Waals surface area contributed by atoms with Crippen LogP contribution in [0.1, 0.15) is 321 Å². The SMILES string of the molecule is CCCCCC#CC(=Nc1ccccc1CCC#CCCCCCCCC)C(CCCCCCCCCCCCCCCCCCCCCCCCC)=Nc1ccccc1CCC#CCCCCCCCC.[Ni]. The third-order valence-electron chi connectivity index (χ3n) is 14.5. The Morgan fingerprint density at radius 1 is 0.315 bits per heavy atom. The summed E-state index contributed by atoms with van der Waals surface area (Å²) in [6.07, 6.45) is 58.8. The number of rotatable bonds is 46. The molecule has 0 spiro atoms. The topological polar surface area (TPSA) is 24.7 Å². The fourth-order valence-corrected chi connectivity index (χ4v) is 9.74. The van der Waals surface area contributed by atoms with Gasteiger partial charge in [-0.05, 0) is 74.1 Å². The molecule has 0 aromatic heterocycles. The number of hydrogen-bond acceptors (Lipinski definition) is 2. The number of nitrogens with zero attached hydrogens (tertiary/aromatic N) is 2. The summed E-state index contributed by atoms with van der Waals surface area (Å²) < 4.78 is 0. The molecule has 412 valence electrons. The molecule has 0 aliphatic heterocycles. The van der Waals surface area contributed by atoms with E-state index in [-0.39, 0.29) is 16.5 Å². The van der Waals surface area contributed by atoms with E-state index >= 15 is 0 Å². The average Bonchev–Trinajstić information content (AvgIpc) is 3.40. The Hall–Kier alpha value is -3.05. The largest absolute Gasteiger partial charge is 0.250 e. The first-order valence-corrected chi connectivity index (χ1v) is 31.5. The second kappa shape index (κ2) is 53.8. The van der Waals surface area contributed by atoms with Gasteiger partial charge in [-0.15, -0.1) is 23.7 Å². The van der Waals surface area contributed by atoms with Crippen LogP contribution in [-0.4, -0.2) is 11.4 Å². The second-order valence-corrected chi connectivity index (χ2v) is 21.3. The summed E-state index contributed by atoms with van der Waals surface area (Å²) in [7, 11) is 0. The van der Waals surface area contributed by atoms with Crippen LogP contribution in [0.15, 0.2) is 58.5 Å². The van der Waals surface area contributed by atoms with Gasteiger partial charge in [0.25, 0.3) is 0 Å². The zero-order chi connectivity index (χ0) is 51.3. The van der Waals surface area contributed by atoms with E-state index in [1.54, 1.807) is 0 Å². The molecule has 0 fully saturated rings. The molecule has 2 nitrogen and oxygen atoms in total. The van der Waals surface area contributed by atoms with Crippen LogP contribution >= 0.6 is 0 Å². The maximum absolute atomic E-state index is 5.53. The van der Waals surface area contributed by atoms with Crippen LogP contribution in [-0.2, 0) is 29.3 Å². The number of aryl methyl sites for hydroxylation is 2. The number of hydrogen-bond donors (Lipinski definition) is 0. The van der Waals surface area contributed by atoms with Crippen molar-refractivity contribution in [2.45, 2.75) is 323 Å². The standard InChI is InChI=1S/C70H112N2.Ni/c1-5-9-13-17-20-23-26-27-28-29-30-31-32-33-34-35-36-37-38-41-44-48-52-64-70(72-68-62-56-54-60-66(68)58-50-47-43-40-25-22-19-15-11-7-3)69(63-51-45-16-12-8-4)71-67-61-55-53-59-65(67)57-49-46-42-39-24-21-18-14-10-6-2;/h53-56,59-62H,5-41,44-45,48-50,52,57-58,64H2,1-4H3;. The Morgan fingerprint density at radius 2 is 0.603 bits per heavy atom. The Balaban J connectivity index is 0.0000266. The first-order chi connectivity index (χ1) is 35.7. The van der Waals surface area contributed by atoms with Crippen LogP contribution in [0.25, 0.3) is 0 Å². The van der Waals surface area contributed by atoms with Gasteiger partial charge in [-0.3, -0.25) is 4.99 Å². The van der Waals surface area contributed by atoms with Crippen LogP contribution in [0.2, 0.25) is 0 Å². The number of para-hydroxylation sites is 2. The third kappa shape index (κ3) is 40.9. The molecule has 2 rings (SSSR count). The molecule has 0 bridgehead atoms. The van der Waals surface area contributed by atoms with E-state index in [9.17, 15) is 0 Å². The predicted molar refractivity (Wildman–Crippen MR) is 324 cm³/mol. The molecule has 0 unspecified atom stereocenters. The maximum atomic E-state index is 5.53. The van der Waals surface area contributed by atoms with Crippen molar-refractivity contribution >= 4 is 22.8 Å². The van der Waals surface area contributed by atoms with Crippen LogP contribution < -0.4 is 0 Å². The molecule has 0 radical (unpaired) electrons. The van der Waals surface area contributed by atoms with Crippen molar-refractivity contribution in [1.29, 1.82) is 0 Å². The molecule has 0 aliphatic rings. The van der Waals surface area contributed by atoms with Gasteiger partial charge in [0, 0.05) is 48.6 Å². The zero-order valence-electron chi connectivity index (χ0n) is 48.4. The minimum atomic E-state index is 0. The van der Waals surface area contributed by atoms with Gasteiger partial charge in [-0.2, -0.15) is 0 Å². The van der Waals surface area contributed by atoms with E-state index in [1.165, 1.54) is 242 Å². The normalized spacial score (nSPS) is 11.3. The molecule has 0 atom stereocenters. The van der Waals surface area contributed by atoms with Gasteiger partial charge in [0.1, 0.15) is 5.71 Å². The van der Waals surface area contributed by atoms with Crippen LogP contribution in [0.4, 0.5) is 11.4 Å². The maximum Gasteiger partial charge on any atom is 0.135 e. The van der Waals surface area contributed by atoms with Gasteiger partial charge < -0.3 is 0 Å². The average molecular weight is 1040 g/mol. The molecule has 0 saturated heterocycles. The van der Waals surface area contributed by atoms with Crippen molar-refractivity contribution in [1.82, 2.24) is 0 Å². The van der Waals surface area contributed by atoms with E-state index < -0.39 is 0 Å². The fraction of sp³-hybridized carbons (Fsp3) is 0.714. The Bertz CT molecular complexity index is 1800. The zero-order valence-corrected chi connectivity index (χ0v) is 49.3. The summed E-state index contributed by atoms with van der Waals surface area (Å²) in [5.74, 6) is 21.1.